The average Bonchev–Trinajstić information content (AvgIpc) is 3.02. The van der Waals surface area contributed by atoms with Gasteiger partial charge in [0.15, 0.2) is 0 Å². The van der Waals surface area contributed by atoms with Crippen molar-refractivity contribution < 1.29 is 4.79 Å². The molecule has 2 aromatic rings. The quantitative estimate of drug-likeness (QED) is 0.766. The van der Waals surface area contributed by atoms with E-state index in [-0.39, 0.29) is 5.56 Å². The second-order valence-electron chi connectivity index (χ2n) is 6.13. The van der Waals surface area contributed by atoms with Crippen LogP contribution in [0.2, 0.25) is 0 Å². The molecular formula is C17H20N4O3. The number of nitrogens with zero attached hydrogens (tertiary/aromatic N) is 1. The van der Waals surface area contributed by atoms with Gasteiger partial charge >= 0.3 is 5.69 Å². The average molecular weight is 328 g/mol. The third kappa shape index (κ3) is 3.56. The number of hydrogen-bond acceptors (Lipinski definition) is 4. The van der Waals surface area contributed by atoms with E-state index in [1.807, 2.05) is 4.98 Å². The van der Waals surface area contributed by atoms with Crippen LogP contribution in [0.5, 0.6) is 0 Å². The van der Waals surface area contributed by atoms with Crippen LogP contribution >= 0.6 is 0 Å². The van der Waals surface area contributed by atoms with Crippen LogP contribution in [0.4, 0.5) is 5.69 Å². The summed E-state index contributed by atoms with van der Waals surface area (Å²) in [5.41, 5.74) is 1.03. The topological polar surface area (TPSA) is 98.1 Å². The molecule has 3 rings (SSSR count). The smallest absolute Gasteiger partial charge is 0.325 e. The van der Waals surface area contributed by atoms with Gasteiger partial charge in [0, 0.05) is 31.5 Å². The van der Waals surface area contributed by atoms with Crippen molar-refractivity contribution in [3.63, 3.8) is 0 Å². The Labute approximate surface area is 138 Å². The predicted octanol–water partition coefficient (Wildman–Crippen LogP) is 0.628. The number of benzene rings is 1. The first-order valence-electron chi connectivity index (χ1n) is 7.95. The van der Waals surface area contributed by atoms with Crippen LogP contribution in [-0.4, -0.2) is 35.5 Å². The van der Waals surface area contributed by atoms with E-state index in [1.165, 1.54) is 11.3 Å². The fraction of sp³-hybridized carbons (Fsp3) is 0.353. The number of hydrogen-bond donors (Lipinski definition) is 3. The highest BCUT2D eigenvalue weighted by atomic mass is 16.2. The molecule has 1 saturated heterocycles. The van der Waals surface area contributed by atoms with Crippen LogP contribution in [0.1, 0.15) is 22.3 Å². The molecule has 1 aromatic carbocycles. The molecule has 0 aliphatic carbocycles. The summed E-state index contributed by atoms with van der Waals surface area (Å²) >= 11 is 0. The molecule has 1 amide bonds. The van der Waals surface area contributed by atoms with E-state index in [2.05, 4.69) is 46.4 Å². The van der Waals surface area contributed by atoms with Crippen molar-refractivity contribution in [2.75, 3.05) is 24.5 Å². The summed E-state index contributed by atoms with van der Waals surface area (Å²) in [6, 6.07) is 8.39. The number of aromatic nitrogens is 2. The van der Waals surface area contributed by atoms with E-state index in [0.717, 1.165) is 25.7 Å². The highest BCUT2D eigenvalue weighted by Gasteiger charge is 2.23. The number of carbonyl (C=O) groups excluding carboxylic acids is 1. The standard InChI is InChI=1S/C17H20N4O3/c1-11-2-4-13(5-3-11)21-7-6-12(10-21)8-18-15(22)14-9-19-17(24)20-16(14)23/h2-5,9,12H,6-8,10H2,1H3,(H,18,22)(H2,19,20,23,24). The van der Waals surface area contributed by atoms with Crippen LogP contribution in [0.15, 0.2) is 40.1 Å². The number of amides is 1. The molecule has 3 N–H and O–H groups in total. The summed E-state index contributed by atoms with van der Waals surface area (Å²) in [7, 11) is 0. The Morgan fingerprint density at radius 2 is 2.04 bits per heavy atom. The van der Waals surface area contributed by atoms with Crippen LogP contribution in [0.25, 0.3) is 0 Å². The largest absolute Gasteiger partial charge is 0.371 e. The summed E-state index contributed by atoms with van der Waals surface area (Å²) in [6.07, 6.45) is 2.12. The number of anilines is 1. The second kappa shape index (κ2) is 6.74. The van der Waals surface area contributed by atoms with Crippen LogP contribution in [0.3, 0.4) is 0 Å². The summed E-state index contributed by atoms with van der Waals surface area (Å²) in [4.78, 5) is 41.3. The van der Waals surface area contributed by atoms with Crippen molar-refractivity contribution in [1.29, 1.82) is 0 Å². The van der Waals surface area contributed by atoms with Gasteiger partial charge < -0.3 is 15.2 Å². The molecule has 1 unspecified atom stereocenters. The van der Waals surface area contributed by atoms with Gasteiger partial charge in [-0.1, -0.05) is 17.7 Å². The number of carbonyl (C=O) groups is 1. The molecule has 126 valence electrons. The van der Waals surface area contributed by atoms with Crippen molar-refractivity contribution in [3.05, 3.63) is 62.4 Å². The van der Waals surface area contributed by atoms with Gasteiger partial charge in [-0.15, -0.1) is 0 Å². The first-order chi connectivity index (χ1) is 11.5. The van der Waals surface area contributed by atoms with Gasteiger partial charge in [0.1, 0.15) is 5.56 Å². The molecule has 0 radical (unpaired) electrons. The third-order valence-corrected chi connectivity index (χ3v) is 4.30. The highest BCUT2D eigenvalue weighted by Crippen LogP contribution is 2.23. The number of H-pyrrole nitrogens is 2. The molecule has 1 aliphatic heterocycles. The fourth-order valence-electron chi connectivity index (χ4n) is 2.90. The molecule has 1 atom stereocenters. The van der Waals surface area contributed by atoms with Gasteiger partial charge in [0.05, 0.1) is 0 Å². The van der Waals surface area contributed by atoms with Crippen molar-refractivity contribution in [1.82, 2.24) is 15.3 Å². The lowest BCUT2D eigenvalue weighted by molar-refractivity contribution is 0.0946. The lowest BCUT2D eigenvalue weighted by Gasteiger charge is -2.19. The highest BCUT2D eigenvalue weighted by molar-refractivity contribution is 5.93. The van der Waals surface area contributed by atoms with Crippen LogP contribution < -0.4 is 21.5 Å². The Morgan fingerprint density at radius 1 is 1.29 bits per heavy atom. The van der Waals surface area contributed by atoms with E-state index >= 15 is 0 Å². The second-order valence-corrected chi connectivity index (χ2v) is 6.13. The first-order valence-corrected chi connectivity index (χ1v) is 7.95. The molecule has 0 spiro atoms. The maximum Gasteiger partial charge on any atom is 0.325 e. The van der Waals surface area contributed by atoms with Gasteiger partial charge in [-0.05, 0) is 31.4 Å². The Bertz CT molecular complexity index is 838. The Morgan fingerprint density at radius 3 is 2.75 bits per heavy atom. The summed E-state index contributed by atoms with van der Waals surface area (Å²) in [5, 5.41) is 2.77. The summed E-state index contributed by atoms with van der Waals surface area (Å²) < 4.78 is 0. The Balaban J connectivity index is 1.56. The zero-order valence-corrected chi connectivity index (χ0v) is 13.5. The number of aromatic amines is 2. The predicted molar refractivity (Wildman–Crippen MR) is 91.5 cm³/mol. The van der Waals surface area contributed by atoms with Gasteiger partial charge in [0.2, 0.25) is 0 Å². The van der Waals surface area contributed by atoms with Crippen molar-refractivity contribution in [2.24, 2.45) is 5.92 Å². The summed E-state index contributed by atoms with van der Waals surface area (Å²) in [5.74, 6) is -0.140. The number of nitrogens with one attached hydrogen (secondary N) is 3. The van der Waals surface area contributed by atoms with E-state index in [9.17, 15) is 14.4 Å². The molecule has 2 heterocycles. The molecule has 7 nitrogen and oxygen atoms in total. The van der Waals surface area contributed by atoms with Gasteiger partial charge in [0.25, 0.3) is 11.5 Å². The molecule has 1 fully saturated rings. The minimum atomic E-state index is -0.677. The molecule has 0 bridgehead atoms. The molecule has 24 heavy (non-hydrogen) atoms. The SMILES string of the molecule is Cc1ccc(N2CCC(CNC(=O)c3c[nH]c(=O)[nH]c3=O)C2)cc1. The van der Waals surface area contributed by atoms with Crippen molar-refractivity contribution in [2.45, 2.75) is 13.3 Å². The van der Waals surface area contributed by atoms with E-state index in [4.69, 9.17) is 0 Å². The third-order valence-electron chi connectivity index (χ3n) is 4.30. The van der Waals surface area contributed by atoms with E-state index in [1.54, 1.807) is 0 Å². The van der Waals surface area contributed by atoms with Gasteiger partial charge in [-0.2, -0.15) is 0 Å². The maximum atomic E-state index is 12.1. The van der Waals surface area contributed by atoms with E-state index < -0.39 is 17.2 Å². The normalized spacial score (nSPS) is 17.0. The fourth-order valence-corrected chi connectivity index (χ4v) is 2.90. The maximum absolute atomic E-state index is 12.1. The molecule has 1 aliphatic rings. The van der Waals surface area contributed by atoms with Crippen molar-refractivity contribution in [3.8, 4) is 0 Å². The lowest BCUT2D eigenvalue weighted by atomic mass is 10.1. The van der Waals surface area contributed by atoms with Crippen molar-refractivity contribution >= 4 is 11.6 Å². The molecule has 7 heteroatoms. The monoisotopic (exact) mass is 328 g/mol. The molecule has 0 saturated carbocycles. The van der Waals surface area contributed by atoms with Gasteiger partial charge in [-0.3, -0.25) is 14.6 Å². The summed E-state index contributed by atoms with van der Waals surface area (Å²) in [6.45, 7) is 4.37. The zero-order chi connectivity index (χ0) is 17.1. The van der Waals surface area contributed by atoms with E-state index in [0.29, 0.717) is 12.5 Å². The lowest BCUT2D eigenvalue weighted by Crippen LogP contribution is -2.36. The minimum Gasteiger partial charge on any atom is -0.371 e. The van der Waals surface area contributed by atoms with Crippen LogP contribution in [-0.2, 0) is 0 Å². The Kier molecular flexibility index (Phi) is 4.50. The van der Waals surface area contributed by atoms with Gasteiger partial charge in [-0.25, -0.2) is 4.79 Å². The van der Waals surface area contributed by atoms with Crippen LogP contribution in [0, 0.1) is 12.8 Å². The zero-order valence-electron chi connectivity index (χ0n) is 13.5. The number of rotatable bonds is 4. The minimum absolute atomic E-state index is 0.0806. The first kappa shape index (κ1) is 16.0. The number of aryl methyl sites for hydroxylation is 1. The molecule has 1 aromatic heterocycles. The Hall–Kier alpha value is -2.83. The molecular weight excluding hydrogens is 308 g/mol.